The van der Waals surface area contributed by atoms with Gasteiger partial charge in [-0.3, -0.25) is 24.0 Å². The standard InChI is InChI=1S/C47H46N6O13/c1-6-35(56)48-22-25(4)42(57)52-40-38(46(62)64-7-2)36(27-15-11-9-12-16-27)31(50-40)21-32-37(28-17-13-10-14-18-28)39(47(63)65-8-3)41(51-32)53-43(58)26(5)23-49-44(59)29-20-34(66-24-54)33(55)19-30(29)45(60)61/h6,9-21,24-26,50,55H,1,7-8,22-23H2,2-5H3,(H,48,56)(H,49,59)(H,52,57)(H,60,61)(H,51,53,58). The van der Waals surface area contributed by atoms with Gasteiger partial charge in [-0.05, 0) is 49.3 Å². The molecule has 7 N–H and O–H groups in total. The van der Waals surface area contributed by atoms with Gasteiger partial charge >= 0.3 is 17.9 Å². The van der Waals surface area contributed by atoms with Gasteiger partial charge < -0.3 is 50.7 Å². The first-order valence-electron chi connectivity index (χ1n) is 20.4. The first-order valence-corrected chi connectivity index (χ1v) is 20.4. The van der Waals surface area contributed by atoms with Crippen LogP contribution in [0.1, 0.15) is 70.0 Å². The number of aliphatic imine (C=N–C) groups is 1. The van der Waals surface area contributed by atoms with Crippen LogP contribution in [0.15, 0.2) is 102 Å². The summed E-state index contributed by atoms with van der Waals surface area (Å²) in [5.74, 6) is -9.23. The van der Waals surface area contributed by atoms with Crippen LogP contribution in [0, 0.1) is 11.8 Å². The van der Waals surface area contributed by atoms with E-state index < -0.39 is 76.0 Å². The van der Waals surface area contributed by atoms with Gasteiger partial charge in [0.1, 0.15) is 22.8 Å². The number of carbonyl (C=O) groups is 8. The van der Waals surface area contributed by atoms with Crippen molar-refractivity contribution in [2.45, 2.75) is 27.7 Å². The number of aromatic nitrogens is 1. The number of phenolic OH excluding ortho intramolecular Hbond substituents is 1. The van der Waals surface area contributed by atoms with E-state index in [4.69, 9.17) is 14.5 Å². The van der Waals surface area contributed by atoms with Crippen molar-refractivity contribution in [1.29, 1.82) is 0 Å². The number of amides is 4. The number of esters is 2. The quantitative estimate of drug-likeness (QED) is 0.0385. The number of aromatic carboxylic acids is 1. The Morgan fingerprint density at radius 3 is 1.98 bits per heavy atom. The van der Waals surface area contributed by atoms with Gasteiger partial charge in [-0.25, -0.2) is 19.4 Å². The molecule has 5 rings (SSSR count). The Hall–Kier alpha value is -8.61. The molecule has 0 bridgehead atoms. The van der Waals surface area contributed by atoms with Crippen LogP contribution in [0.4, 0.5) is 5.82 Å². The van der Waals surface area contributed by atoms with Gasteiger partial charge in [-0.1, -0.05) is 81.1 Å². The summed E-state index contributed by atoms with van der Waals surface area (Å²) in [6.07, 6.45) is 2.60. The van der Waals surface area contributed by atoms with Crippen molar-refractivity contribution >= 4 is 71.3 Å². The van der Waals surface area contributed by atoms with E-state index >= 15 is 0 Å². The summed E-state index contributed by atoms with van der Waals surface area (Å²) in [5.41, 5.74) is 0.574. The molecule has 0 aliphatic carbocycles. The number of H-pyrrole nitrogens is 1. The van der Waals surface area contributed by atoms with Crippen LogP contribution in [0.25, 0.3) is 22.8 Å². The van der Waals surface area contributed by atoms with Crippen LogP contribution < -0.4 is 26.0 Å². The molecule has 0 saturated carbocycles. The zero-order valence-electron chi connectivity index (χ0n) is 36.2. The third-order valence-corrected chi connectivity index (χ3v) is 9.84. The molecule has 19 nitrogen and oxygen atoms in total. The lowest BCUT2D eigenvalue weighted by Crippen LogP contribution is -2.41. The number of aromatic amines is 1. The fourth-order valence-corrected chi connectivity index (χ4v) is 6.56. The molecule has 4 aromatic rings. The Kier molecular flexibility index (Phi) is 16.2. The number of carboxylic acid groups (broad SMARTS) is 1. The predicted octanol–water partition coefficient (Wildman–Crippen LogP) is 4.63. The Morgan fingerprint density at radius 1 is 0.803 bits per heavy atom. The predicted molar refractivity (Wildman–Crippen MR) is 240 cm³/mol. The molecule has 0 saturated heterocycles. The Balaban J connectivity index is 1.61. The largest absolute Gasteiger partial charge is 0.504 e. The Bertz CT molecular complexity index is 2670. The molecule has 0 spiro atoms. The Labute approximate surface area is 377 Å². The minimum atomic E-state index is -1.57. The van der Waals surface area contributed by atoms with Crippen molar-refractivity contribution < 1.29 is 62.8 Å². The van der Waals surface area contributed by atoms with Crippen molar-refractivity contribution in [2.75, 3.05) is 31.6 Å². The van der Waals surface area contributed by atoms with E-state index in [2.05, 4.69) is 37.6 Å². The minimum Gasteiger partial charge on any atom is -0.504 e. The van der Waals surface area contributed by atoms with Crippen molar-refractivity contribution in [2.24, 2.45) is 16.8 Å². The maximum absolute atomic E-state index is 13.9. The number of amidine groups is 1. The maximum atomic E-state index is 13.9. The summed E-state index contributed by atoms with van der Waals surface area (Å²) < 4.78 is 15.6. The third-order valence-electron chi connectivity index (χ3n) is 9.84. The number of carbonyl (C=O) groups excluding carboxylic acids is 7. The van der Waals surface area contributed by atoms with E-state index in [9.17, 15) is 48.6 Å². The molecule has 1 aliphatic heterocycles. The number of hydrogen-bond acceptors (Lipinski definition) is 13. The summed E-state index contributed by atoms with van der Waals surface area (Å²) in [5, 5.41) is 30.2. The highest BCUT2D eigenvalue weighted by Gasteiger charge is 2.35. The van der Waals surface area contributed by atoms with Gasteiger partial charge in [0.2, 0.25) is 17.7 Å². The molecule has 2 heterocycles. The number of benzene rings is 3. The van der Waals surface area contributed by atoms with E-state index in [0.717, 1.165) is 18.2 Å². The van der Waals surface area contributed by atoms with E-state index in [1.165, 1.54) is 13.0 Å². The first kappa shape index (κ1) is 48.4. The molecule has 2 unspecified atom stereocenters. The zero-order chi connectivity index (χ0) is 48.1. The fourth-order valence-electron chi connectivity index (χ4n) is 6.56. The molecule has 3 aromatic carbocycles. The summed E-state index contributed by atoms with van der Waals surface area (Å²) in [6.45, 7) is 9.14. The average Bonchev–Trinajstić information content (AvgIpc) is 3.85. The number of ether oxygens (including phenoxy) is 3. The van der Waals surface area contributed by atoms with E-state index in [1.54, 1.807) is 81.4 Å². The second-order valence-corrected chi connectivity index (χ2v) is 14.4. The lowest BCUT2D eigenvalue weighted by molar-refractivity contribution is -0.137. The van der Waals surface area contributed by atoms with Gasteiger partial charge in [0.05, 0.1) is 47.6 Å². The van der Waals surface area contributed by atoms with Crippen molar-refractivity contribution in [3.8, 4) is 22.6 Å². The summed E-state index contributed by atoms with van der Waals surface area (Å²) in [6, 6.07) is 18.9. The molecule has 2 atom stereocenters. The molecular weight excluding hydrogens is 857 g/mol. The minimum absolute atomic E-state index is 0.0111. The lowest BCUT2D eigenvalue weighted by Gasteiger charge is -2.15. The smallest absolute Gasteiger partial charge is 0.342 e. The molecule has 19 heteroatoms. The molecule has 1 aliphatic rings. The number of hydrogen-bond donors (Lipinski definition) is 7. The Morgan fingerprint density at radius 2 is 1.39 bits per heavy atom. The van der Waals surface area contributed by atoms with Gasteiger partial charge in [-0.15, -0.1) is 0 Å². The number of phenols is 1. The van der Waals surface area contributed by atoms with Gasteiger partial charge in [0, 0.05) is 24.2 Å². The monoisotopic (exact) mass is 902 g/mol. The number of carboxylic acids is 1. The van der Waals surface area contributed by atoms with Crippen molar-refractivity contribution in [3.63, 3.8) is 0 Å². The van der Waals surface area contributed by atoms with Gasteiger partial charge in [0.25, 0.3) is 12.4 Å². The number of anilines is 1. The number of allylic oxidation sites excluding steroid dienone is 1. The molecular formula is C47H46N6O13. The maximum Gasteiger partial charge on any atom is 0.342 e. The van der Waals surface area contributed by atoms with E-state index in [1.807, 2.05) is 0 Å². The molecule has 1 aromatic heterocycles. The summed E-state index contributed by atoms with van der Waals surface area (Å²) >= 11 is 0. The normalized spacial score (nSPS) is 13.4. The SMILES string of the molecule is C=CC(=O)NCC(C)C(=O)Nc1[nH]c(C=C2N=C(NC(=O)C(C)CNC(=O)c3cc(OC=O)c(O)cc3C(=O)O)C(C(=O)OCC)=C2c2ccccc2)c(-c2ccccc2)c1C(=O)OCC. The number of nitrogens with zero attached hydrogens (tertiary/aromatic N) is 1. The number of nitrogens with one attached hydrogen (secondary N) is 5. The number of aromatic hydroxyl groups is 1. The summed E-state index contributed by atoms with van der Waals surface area (Å²) in [7, 11) is 0. The summed E-state index contributed by atoms with van der Waals surface area (Å²) in [4.78, 5) is 111. The highest BCUT2D eigenvalue weighted by atomic mass is 16.5. The molecule has 342 valence electrons. The average molecular weight is 903 g/mol. The van der Waals surface area contributed by atoms with Crippen LogP contribution in [-0.2, 0) is 33.4 Å². The second kappa shape index (κ2) is 22.1. The second-order valence-electron chi connectivity index (χ2n) is 14.4. The van der Waals surface area contributed by atoms with Crippen LogP contribution in [-0.4, -0.2) is 95.3 Å². The molecule has 0 radical (unpaired) electrons. The fraction of sp³-hybridized carbons (Fsp3) is 0.213. The van der Waals surface area contributed by atoms with Crippen LogP contribution in [0.3, 0.4) is 0 Å². The first-order chi connectivity index (χ1) is 31.6. The highest BCUT2D eigenvalue weighted by Crippen LogP contribution is 2.40. The zero-order valence-corrected chi connectivity index (χ0v) is 36.2. The highest BCUT2D eigenvalue weighted by molar-refractivity contribution is 6.31. The topological polar surface area (TPSA) is 281 Å². The molecule has 0 fully saturated rings. The number of rotatable bonds is 19. The lowest BCUT2D eigenvalue weighted by atomic mass is 9.96. The van der Waals surface area contributed by atoms with Crippen LogP contribution >= 0.6 is 0 Å². The van der Waals surface area contributed by atoms with Gasteiger partial charge in [0.15, 0.2) is 11.5 Å². The molecule has 4 amide bonds. The van der Waals surface area contributed by atoms with Crippen LogP contribution in [0.5, 0.6) is 11.5 Å². The van der Waals surface area contributed by atoms with Gasteiger partial charge in [-0.2, -0.15) is 0 Å². The van der Waals surface area contributed by atoms with E-state index in [-0.39, 0.29) is 78.1 Å². The third kappa shape index (κ3) is 11.3. The molecule has 66 heavy (non-hydrogen) atoms. The van der Waals surface area contributed by atoms with E-state index in [0.29, 0.717) is 11.1 Å². The van der Waals surface area contributed by atoms with Crippen molar-refractivity contribution in [3.05, 3.63) is 125 Å². The van der Waals surface area contributed by atoms with Crippen molar-refractivity contribution in [1.82, 2.24) is 20.9 Å². The van der Waals surface area contributed by atoms with Crippen LogP contribution in [0.2, 0.25) is 0 Å².